The van der Waals surface area contributed by atoms with Crippen molar-refractivity contribution in [2.45, 2.75) is 64.0 Å². The standard InChI is InChI=1S/C18H24N2O2/c21-18(19-14-7-2-1-3-8-14)16-11-17-15(9-10-22-17)20(16)12-13-5-4-6-13/h9-11,13-14H,1-8,12H2,(H,19,21). The SMILES string of the molecule is O=C(NC1CCCCC1)c1cc2occc2n1CC1CCC1. The quantitative estimate of drug-likeness (QED) is 0.924. The maximum atomic E-state index is 12.7. The molecule has 2 aliphatic carbocycles. The highest BCUT2D eigenvalue weighted by molar-refractivity contribution is 5.97. The van der Waals surface area contributed by atoms with Crippen LogP contribution in [0.25, 0.3) is 11.1 Å². The fourth-order valence-electron chi connectivity index (χ4n) is 3.80. The molecule has 0 bridgehead atoms. The molecule has 4 rings (SSSR count). The first-order valence-electron chi connectivity index (χ1n) is 8.69. The van der Waals surface area contributed by atoms with E-state index < -0.39 is 0 Å². The zero-order valence-corrected chi connectivity index (χ0v) is 13.0. The highest BCUT2D eigenvalue weighted by atomic mass is 16.3. The van der Waals surface area contributed by atoms with E-state index in [0.717, 1.165) is 36.2 Å². The predicted octanol–water partition coefficient (Wildman–Crippen LogP) is 4.10. The van der Waals surface area contributed by atoms with E-state index in [0.29, 0.717) is 12.0 Å². The molecule has 0 aliphatic heterocycles. The van der Waals surface area contributed by atoms with E-state index >= 15 is 0 Å². The third-order valence-electron chi connectivity index (χ3n) is 5.36. The van der Waals surface area contributed by atoms with Crippen molar-refractivity contribution >= 4 is 17.0 Å². The fraction of sp³-hybridized carbons (Fsp3) is 0.611. The van der Waals surface area contributed by atoms with E-state index in [-0.39, 0.29) is 5.91 Å². The maximum absolute atomic E-state index is 12.7. The van der Waals surface area contributed by atoms with Gasteiger partial charge in [-0.05, 0) is 31.6 Å². The lowest BCUT2D eigenvalue weighted by Crippen LogP contribution is -2.37. The normalized spacial score (nSPS) is 20.2. The van der Waals surface area contributed by atoms with Crippen molar-refractivity contribution in [3.8, 4) is 0 Å². The molecule has 1 N–H and O–H groups in total. The van der Waals surface area contributed by atoms with Gasteiger partial charge in [0.2, 0.25) is 0 Å². The van der Waals surface area contributed by atoms with Gasteiger partial charge in [0.15, 0.2) is 5.58 Å². The number of amides is 1. The van der Waals surface area contributed by atoms with Crippen LogP contribution in [0.1, 0.15) is 61.9 Å². The third-order valence-corrected chi connectivity index (χ3v) is 5.36. The smallest absolute Gasteiger partial charge is 0.268 e. The number of carbonyl (C=O) groups is 1. The molecule has 2 saturated carbocycles. The van der Waals surface area contributed by atoms with Gasteiger partial charge in [-0.15, -0.1) is 0 Å². The summed E-state index contributed by atoms with van der Waals surface area (Å²) in [5.41, 5.74) is 2.65. The van der Waals surface area contributed by atoms with E-state index in [2.05, 4.69) is 9.88 Å². The number of hydrogen-bond donors (Lipinski definition) is 1. The fourth-order valence-corrected chi connectivity index (χ4v) is 3.80. The molecule has 2 heterocycles. The Bertz CT molecular complexity index is 660. The molecule has 2 aromatic rings. The molecule has 4 nitrogen and oxygen atoms in total. The van der Waals surface area contributed by atoms with E-state index in [9.17, 15) is 4.79 Å². The highest BCUT2D eigenvalue weighted by Crippen LogP contribution is 2.31. The molecule has 22 heavy (non-hydrogen) atoms. The second-order valence-electron chi connectivity index (χ2n) is 6.92. The molecular weight excluding hydrogens is 276 g/mol. The molecule has 2 aliphatic rings. The van der Waals surface area contributed by atoms with Gasteiger partial charge in [0.05, 0.1) is 11.8 Å². The first kappa shape index (κ1) is 13.9. The lowest BCUT2D eigenvalue weighted by molar-refractivity contribution is 0.0916. The van der Waals surface area contributed by atoms with Crippen molar-refractivity contribution in [1.29, 1.82) is 0 Å². The van der Waals surface area contributed by atoms with Gasteiger partial charge in [0.25, 0.3) is 5.91 Å². The van der Waals surface area contributed by atoms with Crippen molar-refractivity contribution in [3.05, 3.63) is 24.1 Å². The van der Waals surface area contributed by atoms with Gasteiger partial charge < -0.3 is 14.3 Å². The number of aromatic nitrogens is 1. The van der Waals surface area contributed by atoms with E-state index in [1.165, 1.54) is 38.5 Å². The first-order valence-corrected chi connectivity index (χ1v) is 8.69. The molecule has 4 heteroatoms. The molecule has 1 amide bonds. The Labute approximate surface area is 130 Å². The second kappa shape index (κ2) is 5.82. The molecule has 0 spiro atoms. The van der Waals surface area contributed by atoms with Crippen LogP contribution in [-0.4, -0.2) is 16.5 Å². The Kier molecular flexibility index (Phi) is 3.68. The van der Waals surface area contributed by atoms with Crippen LogP contribution in [0, 0.1) is 5.92 Å². The maximum Gasteiger partial charge on any atom is 0.268 e. The minimum atomic E-state index is 0.0672. The van der Waals surface area contributed by atoms with Gasteiger partial charge in [0, 0.05) is 24.7 Å². The minimum Gasteiger partial charge on any atom is -0.463 e. The van der Waals surface area contributed by atoms with Crippen molar-refractivity contribution < 1.29 is 9.21 Å². The van der Waals surface area contributed by atoms with Crippen LogP contribution < -0.4 is 5.32 Å². The zero-order chi connectivity index (χ0) is 14.9. The van der Waals surface area contributed by atoms with Crippen molar-refractivity contribution in [2.75, 3.05) is 0 Å². The van der Waals surface area contributed by atoms with E-state index in [1.807, 2.05) is 12.1 Å². The summed E-state index contributed by atoms with van der Waals surface area (Å²) < 4.78 is 7.68. The monoisotopic (exact) mass is 300 g/mol. The molecular formula is C18H24N2O2. The Hall–Kier alpha value is -1.71. The molecule has 2 aromatic heterocycles. The number of nitrogens with one attached hydrogen (secondary N) is 1. The number of hydrogen-bond acceptors (Lipinski definition) is 2. The molecule has 0 saturated heterocycles. The van der Waals surface area contributed by atoms with Gasteiger partial charge in [-0.2, -0.15) is 0 Å². The summed E-state index contributed by atoms with van der Waals surface area (Å²) in [6, 6.07) is 4.23. The summed E-state index contributed by atoms with van der Waals surface area (Å²) in [5.74, 6) is 0.782. The Morgan fingerprint density at radius 2 is 2.00 bits per heavy atom. The van der Waals surface area contributed by atoms with Crippen LogP contribution in [0.5, 0.6) is 0 Å². The number of fused-ring (bicyclic) bond motifs is 1. The molecule has 0 atom stereocenters. The van der Waals surface area contributed by atoms with Gasteiger partial charge in [0.1, 0.15) is 5.69 Å². The van der Waals surface area contributed by atoms with Crippen LogP contribution in [0.15, 0.2) is 22.8 Å². The lowest BCUT2D eigenvalue weighted by Gasteiger charge is -2.27. The second-order valence-corrected chi connectivity index (χ2v) is 6.92. The summed E-state index contributed by atoms with van der Waals surface area (Å²) in [6.07, 6.45) is 11.6. The summed E-state index contributed by atoms with van der Waals surface area (Å²) in [6.45, 7) is 0.941. The number of nitrogens with zero attached hydrogens (tertiary/aromatic N) is 1. The van der Waals surface area contributed by atoms with E-state index in [4.69, 9.17) is 4.42 Å². The van der Waals surface area contributed by atoms with Gasteiger partial charge in [-0.1, -0.05) is 25.7 Å². The lowest BCUT2D eigenvalue weighted by atomic mass is 9.85. The number of furan rings is 1. The number of rotatable bonds is 4. The molecule has 2 fully saturated rings. The van der Waals surface area contributed by atoms with E-state index in [1.54, 1.807) is 6.26 Å². The molecule has 0 aromatic carbocycles. The third kappa shape index (κ3) is 2.55. The summed E-state index contributed by atoms with van der Waals surface area (Å²) in [7, 11) is 0. The van der Waals surface area contributed by atoms with Crippen LogP contribution in [-0.2, 0) is 6.54 Å². The average Bonchev–Trinajstić information content (AvgIpc) is 3.05. The average molecular weight is 300 g/mol. The largest absolute Gasteiger partial charge is 0.463 e. The van der Waals surface area contributed by atoms with Crippen LogP contribution in [0.2, 0.25) is 0 Å². The number of carbonyl (C=O) groups excluding carboxylic acids is 1. The van der Waals surface area contributed by atoms with Gasteiger partial charge >= 0.3 is 0 Å². The van der Waals surface area contributed by atoms with Crippen molar-refractivity contribution in [2.24, 2.45) is 5.92 Å². The van der Waals surface area contributed by atoms with Crippen molar-refractivity contribution in [1.82, 2.24) is 9.88 Å². The molecule has 118 valence electrons. The van der Waals surface area contributed by atoms with Gasteiger partial charge in [-0.25, -0.2) is 0 Å². The summed E-state index contributed by atoms with van der Waals surface area (Å²) >= 11 is 0. The van der Waals surface area contributed by atoms with Crippen LogP contribution in [0.4, 0.5) is 0 Å². The molecule has 0 unspecified atom stereocenters. The summed E-state index contributed by atoms with van der Waals surface area (Å²) in [4.78, 5) is 12.7. The van der Waals surface area contributed by atoms with Crippen LogP contribution >= 0.6 is 0 Å². The van der Waals surface area contributed by atoms with Gasteiger partial charge in [-0.3, -0.25) is 4.79 Å². The summed E-state index contributed by atoms with van der Waals surface area (Å²) in [5, 5.41) is 3.23. The van der Waals surface area contributed by atoms with Crippen LogP contribution in [0.3, 0.4) is 0 Å². The highest BCUT2D eigenvalue weighted by Gasteiger charge is 2.25. The minimum absolute atomic E-state index is 0.0672. The Balaban J connectivity index is 1.57. The zero-order valence-electron chi connectivity index (χ0n) is 13.0. The Morgan fingerprint density at radius 1 is 1.18 bits per heavy atom. The molecule has 0 radical (unpaired) electrons. The Morgan fingerprint density at radius 3 is 2.73 bits per heavy atom. The van der Waals surface area contributed by atoms with Crippen molar-refractivity contribution in [3.63, 3.8) is 0 Å². The topological polar surface area (TPSA) is 47.2 Å². The predicted molar refractivity (Wildman–Crippen MR) is 85.9 cm³/mol. The first-order chi connectivity index (χ1) is 10.8.